The summed E-state index contributed by atoms with van der Waals surface area (Å²) in [6.45, 7) is 2.25. The van der Waals surface area contributed by atoms with Gasteiger partial charge >= 0.3 is 6.18 Å². The van der Waals surface area contributed by atoms with E-state index in [1.54, 1.807) is 17.0 Å². The average Bonchev–Trinajstić information content (AvgIpc) is 3.37. The summed E-state index contributed by atoms with van der Waals surface area (Å²) in [4.78, 5) is 22.6. The van der Waals surface area contributed by atoms with Crippen molar-refractivity contribution in [3.8, 4) is 17.6 Å². The van der Waals surface area contributed by atoms with Gasteiger partial charge in [0.05, 0.1) is 59.8 Å². The fourth-order valence-electron chi connectivity index (χ4n) is 6.03. The number of piperidine rings is 1. The van der Waals surface area contributed by atoms with Crippen molar-refractivity contribution in [3.05, 3.63) is 54.0 Å². The minimum Gasteiger partial charge on any atom is -0.495 e. The molecule has 0 spiro atoms. The molecule has 2 aromatic heterocycles. The fourth-order valence-corrected chi connectivity index (χ4v) is 6.66. The molecule has 52 heavy (non-hydrogen) atoms. The Morgan fingerprint density at radius 1 is 1.15 bits per heavy atom. The summed E-state index contributed by atoms with van der Waals surface area (Å²) in [5, 5.41) is 9.55. The van der Waals surface area contributed by atoms with Crippen LogP contribution in [-0.4, -0.2) is 137 Å². The number of anilines is 3. The van der Waals surface area contributed by atoms with Crippen molar-refractivity contribution in [2.45, 2.75) is 42.2 Å². The SMILES string of the molecule is COc1cc(S(C)(=O)=O)ccc1NCC#Cc1nc2c(N[C@@H]3CCN(C)C[C@@H]3F)cc(NC3CN(C(=O)/C=C/CN(C)C)C3)cn2c1CC(F)(F)F. The molecule has 5 rings (SSSR count). The molecule has 4 heterocycles. The second kappa shape index (κ2) is 16.0. The van der Waals surface area contributed by atoms with Gasteiger partial charge in [-0.3, -0.25) is 9.20 Å². The molecule has 0 aliphatic carbocycles. The van der Waals surface area contributed by atoms with Gasteiger partial charge in [-0.15, -0.1) is 0 Å². The number of hydrogen-bond acceptors (Lipinski definition) is 10. The van der Waals surface area contributed by atoms with Crippen molar-refractivity contribution in [3.63, 3.8) is 0 Å². The molecule has 0 saturated carbocycles. The number of aromatic nitrogens is 2. The van der Waals surface area contributed by atoms with E-state index in [0.717, 1.165) is 6.26 Å². The fraction of sp³-hybridized carbons (Fsp3) is 0.486. The maximum atomic E-state index is 15.2. The van der Waals surface area contributed by atoms with E-state index in [4.69, 9.17) is 4.74 Å². The number of likely N-dealkylation sites (tertiary alicyclic amines) is 2. The van der Waals surface area contributed by atoms with Crippen LogP contribution in [0.1, 0.15) is 17.8 Å². The predicted molar refractivity (Wildman–Crippen MR) is 193 cm³/mol. The molecule has 2 fully saturated rings. The van der Waals surface area contributed by atoms with E-state index >= 15 is 4.39 Å². The lowest BCUT2D eigenvalue weighted by molar-refractivity contribution is -0.130. The molecule has 282 valence electrons. The first kappa shape index (κ1) is 38.7. The van der Waals surface area contributed by atoms with Crippen LogP contribution in [-0.2, 0) is 21.1 Å². The Hall–Kier alpha value is -4.53. The highest BCUT2D eigenvalue weighted by Crippen LogP contribution is 2.32. The van der Waals surface area contributed by atoms with Crippen molar-refractivity contribution in [1.29, 1.82) is 0 Å². The second-order valence-electron chi connectivity index (χ2n) is 13.4. The number of nitrogens with zero attached hydrogens (tertiary/aromatic N) is 5. The molecule has 2 saturated heterocycles. The lowest BCUT2D eigenvalue weighted by Crippen LogP contribution is -2.56. The number of alkyl halides is 4. The van der Waals surface area contributed by atoms with Gasteiger partial charge in [0.25, 0.3) is 0 Å². The summed E-state index contributed by atoms with van der Waals surface area (Å²) < 4.78 is 87.8. The van der Waals surface area contributed by atoms with Crippen LogP contribution in [0.2, 0.25) is 0 Å². The Morgan fingerprint density at radius 3 is 2.56 bits per heavy atom. The van der Waals surface area contributed by atoms with Crippen molar-refractivity contribution in [2.75, 3.05) is 89.7 Å². The van der Waals surface area contributed by atoms with Crippen LogP contribution < -0.4 is 20.7 Å². The average molecular weight is 749 g/mol. The third kappa shape index (κ3) is 9.87. The van der Waals surface area contributed by atoms with E-state index in [0.29, 0.717) is 49.7 Å². The summed E-state index contributed by atoms with van der Waals surface area (Å²) in [5.74, 6) is 5.73. The van der Waals surface area contributed by atoms with E-state index in [-0.39, 0.29) is 52.7 Å². The van der Waals surface area contributed by atoms with Gasteiger partial charge in [0.2, 0.25) is 5.91 Å². The Balaban J connectivity index is 1.44. The molecule has 2 aliphatic heterocycles. The van der Waals surface area contributed by atoms with Crippen molar-refractivity contribution in [2.24, 2.45) is 0 Å². The molecule has 17 heteroatoms. The summed E-state index contributed by atoms with van der Waals surface area (Å²) >= 11 is 0. The van der Waals surface area contributed by atoms with Gasteiger partial charge in [0.15, 0.2) is 15.5 Å². The lowest BCUT2D eigenvalue weighted by Gasteiger charge is -2.39. The Bertz CT molecular complexity index is 1970. The zero-order chi connectivity index (χ0) is 37.8. The van der Waals surface area contributed by atoms with Crippen molar-refractivity contribution >= 4 is 38.5 Å². The summed E-state index contributed by atoms with van der Waals surface area (Å²) in [6.07, 6.45) is -0.751. The molecule has 3 N–H and O–H groups in total. The smallest absolute Gasteiger partial charge is 0.394 e. The zero-order valence-electron chi connectivity index (χ0n) is 29.7. The van der Waals surface area contributed by atoms with Gasteiger partial charge in [-0.25, -0.2) is 17.8 Å². The van der Waals surface area contributed by atoms with Gasteiger partial charge < -0.3 is 35.4 Å². The molecule has 2 aliphatic rings. The number of benzene rings is 1. The van der Waals surface area contributed by atoms with Gasteiger partial charge in [0, 0.05) is 57.3 Å². The van der Waals surface area contributed by atoms with Crippen LogP contribution in [0.4, 0.5) is 34.6 Å². The van der Waals surface area contributed by atoms with Crippen molar-refractivity contribution in [1.82, 2.24) is 24.1 Å². The number of carbonyl (C=O) groups excluding carboxylic acids is 1. The summed E-state index contributed by atoms with van der Waals surface area (Å²) in [5.41, 5.74) is 1.16. The van der Waals surface area contributed by atoms with Crippen LogP contribution in [0.25, 0.3) is 5.65 Å². The van der Waals surface area contributed by atoms with Gasteiger partial charge in [-0.2, -0.15) is 13.2 Å². The zero-order valence-corrected chi connectivity index (χ0v) is 30.5. The first-order valence-electron chi connectivity index (χ1n) is 16.7. The lowest BCUT2D eigenvalue weighted by atomic mass is 10.0. The van der Waals surface area contributed by atoms with E-state index in [2.05, 4.69) is 32.8 Å². The normalized spacial score (nSPS) is 18.7. The van der Waals surface area contributed by atoms with Gasteiger partial charge in [0.1, 0.15) is 17.6 Å². The topological polar surface area (TPSA) is 124 Å². The second-order valence-corrected chi connectivity index (χ2v) is 15.4. The molecule has 0 unspecified atom stereocenters. The summed E-state index contributed by atoms with van der Waals surface area (Å²) in [6, 6.07) is 5.25. The number of carbonyl (C=O) groups is 1. The number of rotatable bonds is 12. The maximum absolute atomic E-state index is 15.2. The number of ether oxygens (including phenoxy) is 1. The Kier molecular flexibility index (Phi) is 11.9. The molecule has 0 bridgehead atoms. The van der Waals surface area contributed by atoms with E-state index in [1.807, 2.05) is 30.9 Å². The molecule has 2 atom stereocenters. The third-order valence-electron chi connectivity index (χ3n) is 8.74. The number of halogens is 4. The number of sulfone groups is 1. The first-order chi connectivity index (χ1) is 24.5. The maximum Gasteiger partial charge on any atom is 0.394 e. The number of imidazole rings is 1. The number of likely N-dealkylation sites (N-methyl/N-ethyl adjacent to an activating group) is 1. The minimum atomic E-state index is -4.59. The van der Waals surface area contributed by atoms with Crippen LogP contribution in [0.15, 0.2) is 47.5 Å². The van der Waals surface area contributed by atoms with E-state index in [1.165, 1.54) is 42.0 Å². The molecule has 1 amide bonds. The Labute approximate surface area is 301 Å². The number of methoxy groups -OCH3 is 1. The van der Waals surface area contributed by atoms with Crippen LogP contribution in [0, 0.1) is 11.8 Å². The van der Waals surface area contributed by atoms with Gasteiger partial charge in [-0.1, -0.05) is 12.0 Å². The first-order valence-corrected chi connectivity index (χ1v) is 18.6. The molecule has 3 aromatic rings. The number of nitrogens with one attached hydrogen (secondary N) is 3. The number of hydrogen-bond donors (Lipinski definition) is 3. The van der Waals surface area contributed by atoms with Crippen LogP contribution >= 0.6 is 0 Å². The highest BCUT2D eigenvalue weighted by atomic mass is 32.2. The van der Waals surface area contributed by atoms with E-state index < -0.39 is 34.6 Å². The highest BCUT2D eigenvalue weighted by Gasteiger charge is 2.34. The largest absolute Gasteiger partial charge is 0.495 e. The third-order valence-corrected chi connectivity index (χ3v) is 9.85. The standard InChI is InChI=1S/C35H44F4N8O4S/c1-44(2)14-7-9-33(48)46-19-24(20-46)41-23-16-30(42-27-12-15-45(3)22-26(27)36)34-43-28(31(47(34)21-23)18-35(37,38)39)8-6-13-40-29-11-10-25(52(5,49)50)17-32(29)51-4/h7,9-11,16-17,21,24,26-27,40-42H,12-15,18-20,22H2,1-5H3/b9-7+/t26-,27+/m0/s1. The highest BCUT2D eigenvalue weighted by molar-refractivity contribution is 7.90. The molecular weight excluding hydrogens is 704 g/mol. The van der Waals surface area contributed by atoms with E-state index in [9.17, 15) is 26.4 Å². The number of amides is 1. The molecule has 0 radical (unpaired) electrons. The van der Waals surface area contributed by atoms with Gasteiger partial charge in [-0.05, 0) is 51.7 Å². The quantitative estimate of drug-likeness (QED) is 0.144. The minimum absolute atomic E-state index is 0.0216. The number of fused-ring (bicyclic) bond motifs is 1. The monoisotopic (exact) mass is 748 g/mol. The molecule has 1 aromatic carbocycles. The Morgan fingerprint density at radius 2 is 1.90 bits per heavy atom. The molecular formula is C35H44F4N8O4S. The predicted octanol–water partition coefficient (Wildman–Crippen LogP) is 3.51. The van der Waals surface area contributed by atoms with Crippen LogP contribution in [0.5, 0.6) is 5.75 Å². The van der Waals surface area contributed by atoms with Crippen molar-refractivity contribution < 1.29 is 35.5 Å². The molecule has 12 nitrogen and oxygen atoms in total. The summed E-state index contributed by atoms with van der Waals surface area (Å²) in [7, 11) is 3.54. The van der Waals surface area contributed by atoms with Crippen LogP contribution in [0.3, 0.4) is 0 Å². The number of pyridine rings is 1.